The van der Waals surface area contributed by atoms with E-state index in [-0.39, 0.29) is 5.82 Å². The number of furan rings is 1. The molecule has 2 rings (SSSR count). The highest BCUT2D eigenvalue weighted by atomic mass is 16.5. The number of rotatable bonds is 3. The minimum atomic E-state index is 0.277. The molecule has 2 N–H and O–H groups in total. The molecule has 5 heteroatoms. The van der Waals surface area contributed by atoms with E-state index in [1.54, 1.807) is 12.3 Å². The van der Waals surface area contributed by atoms with Crippen molar-refractivity contribution in [3.8, 4) is 5.88 Å². The van der Waals surface area contributed by atoms with Gasteiger partial charge in [-0.1, -0.05) is 0 Å². The summed E-state index contributed by atoms with van der Waals surface area (Å²) in [5.41, 5.74) is 5.53. The van der Waals surface area contributed by atoms with Gasteiger partial charge in [0.05, 0.1) is 6.26 Å². The maximum Gasteiger partial charge on any atom is 0.257 e. The fraction of sp³-hybridized carbons (Fsp3) is 0.111. The zero-order valence-electron chi connectivity index (χ0n) is 7.38. The van der Waals surface area contributed by atoms with Crippen molar-refractivity contribution >= 4 is 5.82 Å². The summed E-state index contributed by atoms with van der Waals surface area (Å²) >= 11 is 0. The SMILES string of the molecule is Nc1nccnc1OCc1ccco1. The van der Waals surface area contributed by atoms with Crippen LogP contribution in [0.25, 0.3) is 0 Å². The third-order valence-electron chi connectivity index (χ3n) is 1.62. The molecule has 14 heavy (non-hydrogen) atoms. The van der Waals surface area contributed by atoms with E-state index in [2.05, 4.69) is 9.97 Å². The van der Waals surface area contributed by atoms with Crippen LogP contribution in [0.5, 0.6) is 5.88 Å². The van der Waals surface area contributed by atoms with Crippen LogP contribution in [-0.4, -0.2) is 9.97 Å². The molecule has 0 saturated carbocycles. The summed E-state index contributed by atoms with van der Waals surface area (Å²) < 4.78 is 10.4. The largest absolute Gasteiger partial charge is 0.467 e. The van der Waals surface area contributed by atoms with Crippen LogP contribution in [0.2, 0.25) is 0 Å². The number of anilines is 1. The molecule has 72 valence electrons. The van der Waals surface area contributed by atoms with Gasteiger partial charge in [0.2, 0.25) is 0 Å². The Hall–Kier alpha value is -2.04. The van der Waals surface area contributed by atoms with Crippen molar-refractivity contribution < 1.29 is 9.15 Å². The van der Waals surface area contributed by atoms with Crippen molar-refractivity contribution in [3.63, 3.8) is 0 Å². The standard InChI is InChI=1S/C9H9N3O2/c10-8-9(12-4-3-11-8)14-6-7-2-1-5-13-7/h1-5H,6H2,(H2,10,11). The van der Waals surface area contributed by atoms with Crippen LogP contribution in [0.4, 0.5) is 5.82 Å². The molecule has 2 aromatic rings. The first kappa shape index (κ1) is 8.55. The van der Waals surface area contributed by atoms with Crippen LogP contribution in [0, 0.1) is 0 Å². The fourth-order valence-corrected chi connectivity index (χ4v) is 0.981. The van der Waals surface area contributed by atoms with E-state index in [0.29, 0.717) is 12.5 Å². The lowest BCUT2D eigenvalue weighted by Gasteiger charge is -2.03. The van der Waals surface area contributed by atoms with Gasteiger partial charge in [-0.25, -0.2) is 9.97 Å². The second-order valence-electron chi connectivity index (χ2n) is 2.61. The van der Waals surface area contributed by atoms with Crippen LogP contribution in [0.15, 0.2) is 35.2 Å². The van der Waals surface area contributed by atoms with Gasteiger partial charge in [0.1, 0.15) is 12.4 Å². The van der Waals surface area contributed by atoms with Crippen molar-refractivity contribution in [2.75, 3.05) is 5.73 Å². The molecule has 0 fully saturated rings. The number of aromatic nitrogens is 2. The molecule has 0 amide bonds. The summed E-state index contributed by atoms with van der Waals surface area (Å²) in [5.74, 6) is 1.32. The first-order valence-corrected chi connectivity index (χ1v) is 4.08. The van der Waals surface area contributed by atoms with Crippen LogP contribution >= 0.6 is 0 Å². The Kier molecular flexibility index (Phi) is 2.31. The van der Waals surface area contributed by atoms with Crippen LogP contribution in [0.3, 0.4) is 0 Å². The quantitative estimate of drug-likeness (QED) is 0.789. The van der Waals surface area contributed by atoms with Crippen LogP contribution in [0.1, 0.15) is 5.76 Å². The van der Waals surface area contributed by atoms with Crippen LogP contribution in [-0.2, 0) is 6.61 Å². The number of nitrogen functional groups attached to an aromatic ring is 1. The van der Waals surface area contributed by atoms with Crippen molar-refractivity contribution in [1.29, 1.82) is 0 Å². The summed E-state index contributed by atoms with van der Waals surface area (Å²) in [4.78, 5) is 7.77. The van der Waals surface area contributed by atoms with E-state index in [1.807, 2.05) is 6.07 Å². The molecule has 0 unspecified atom stereocenters. The maximum absolute atomic E-state index is 5.53. The van der Waals surface area contributed by atoms with Crippen LogP contribution < -0.4 is 10.5 Å². The molecular formula is C9H9N3O2. The minimum Gasteiger partial charge on any atom is -0.467 e. The molecule has 0 aliphatic rings. The molecule has 0 aliphatic heterocycles. The predicted molar refractivity (Wildman–Crippen MR) is 49.5 cm³/mol. The summed E-state index contributed by atoms with van der Waals surface area (Å²) in [5, 5.41) is 0. The molecule has 0 aliphatic carbocycles. The molecule has 0 saturated heterocycles. The highest BCUT2D eigenvalue weighted by Gasteiger charge is 2.03. The van der Waals surface area contributed by atoms with E-state index >= 15 is 0 Å². The number of nitrogens with two attached hydrogens (primary N) is 1. The second kappa shape index (κ2) is 3.78. The molecular weight excluding hydrogens is 182 g/mol. The number of nitrogens with zero attached hydrogens (tertiary/aromatic N) is 2. The van der Waals surface area contributed by atoms with Gasteiger partial charge in [-0.15, -0.1) is 0 Å². The average molecular weight is 191 g/mol. The smallest absolute Gasteiger partial charge is 0.257 e. The molecule has 0 spiro atoms. The van der Waals surface area contributed by atoms with Crippen molar-refractivity contribution in [2.45, 2.75) is 6.61 Å². The molecule has 0 aromatic carbocycles. The van der Waals surface area contributed by atoms with E-state index in [1.165, 1.54) is 12.4 Å². The maximum atomic E-state index is 5.53. The lowest BCUT2D eigenvalue weighted by molar-refractivity contribution is 0.261. The minimum absolute atomic E-state index is 0.277. The lowest BCUT2D eigenvalue weighted by atomic mass is 10.5. The fourth-order valence-electron chi connectivity index (χ4n) is 0.981. The van der Waals surface area contributed by atoms with Gasteiger partial charge in [0.15, 0.2) is 5.82 Å². The van der Waals surface area contributed by atoms with Crippen molar-refractivity contribution in [3.05, 3.63) is 36.5 Å². The van der Waals surface area contributed by atoms with E-state index in [0.717, 1.165) is 5.76 Å². The van der Waals surface area contributed by atoms with E-state index in [9.17, 15) is 0 Å². The van der Waals surface area contributed by atoms with Gasteiger partial charge in [-0.3, -0.25) is 0 Å². The highest BCUT2D eigenvalue weighted by molar-refractivity contribution is 5.38. The number of hydrogen-bond acceptors (Lipinski definition) is 5. The normalized spacial score (nSPS) is 10.0. The Labute approximate surface area is 80.5 Å². The number of ether oxygens (including phenoxy) is 1. The Morgan fingerprint density at radius 3 is 2.93 bits per heavy atom. The Morgan fingerprint density at radius 2 is 2.21 bits per heavy atom. The molecule has 2 heterocycles. The Bertz CT molecular complexity index is 400. The van der Waals surface area contributed by atoms with Gasteiger partial charge in [-0.2, -0.15) is 0 Å². The molecule has 0 bridgehead atoms. The zero-order valence-corrected chi connectivity index (χ0v) is 7.38. The van der Waals surface area contributed by atoms with Gasteiger partial charge in [0.25, 0.3) is 5.88 Å². The number of hydrogen-bond donors (Lipinski definition) is 1. The third-order valence-corrected chi connectivity index (χ3v) is 1.62. The predicted octanol–water partition coefficient (Wildman–Crippen LogP) is 1.23. The van der Waals surface area contributed by atoms with E-state index in [4.69, 9.17) is 14.9 Å². The summed E-state index contributed by atoms with van der Waals surface area (Å²) in [6, 6.07) is 3.60. The average Bonchev–Trinajstić information content (AvgIpc) is 2.69. The molecule has 2 aromatic heterocycles. The van der Waals surface area contributed by atoms with Crippen molar-refractivity contribution in [1.82, 2.24) is 9.97 Å². The third kappa shape index (κ3) is 1.82. The second-order valence-corrected chi connectivity index (χ2v) is 2.61. The first-order valence-electron chi connectivity index (χ1n) is 4.08. The lowest BCUT2D eigenvalue weighted by Crippen LogP contribution is -2.01. The van der Waals surface area contributed by atoms with E-state index < -0.39 is 0 Å². The summed E-state index contributed by atoms with van der Waals surface area (Å²) in [6.07, 6.45) is 4.61. The van der Waals surface area contributed by atoms with Gasteiger partial charge in [-0.05, 0) is 12.1 Å². The van der Waals surface area contributed by atoms with Crippen molar-refractivity contribution in [2.24, 2.45) is 0 Å². The zero-order chi connectivity index (χ0) is 9.80. The van der Waals surface area contributed by atoms with Gasteiger partial charge >= 0.3 is 0 Å². The van der Waals surface area contributed by atoms with Gasteiger partial charge in [0, 0.05) is 12.4 Å². The van der Waals surface area contributed by atoms with Gasteiger partial charge < -0.3 is 14.9 Å². The Balaban J connectivity index is 2.02. The Morgan fingerprint density at radius 1 is 1.36 bits per heavy atom. The first-order chi connectivity index (χ1) is 6.86. The molecule has 5 nitrogen and oxygen atoms in total. The molecule has 0 radical (unpaired) electrons. The topological polar surface area (TPSA) is 74.2 Å². The highest BCUT2D eigenvalue weighted by Crippen LogP contribution is 2.14. The summed E-state index contributed by atoms with van der Waals surface area (Å²) in [6.45, 7) is 0.301. The molecule has 0 atom stereocenters. The summed E-state index contributed by atoms with van der Waals surface area (Å²) in [7, 11) is 0. The monoisotopic (exact) mass is 191 g/mol.